The zero-order valence-electron chi connectivity index (χ0n) is 30.2. The van der Waals surface area contributed by atoms with Crippen molar-refractivity contribution < 1.29 is 0 Å². The standard InChI is InChI=1S/C50H32N6/c1-4-16-33(17-5-1)41-31-47(53-49(51-41)34-18-6-2-7-19-34)56-45-27-15-12-24-39(45)40-30-36(28-29-46(40)56)42-32-48(54-50(52-42)35-20-8-3-9-21-35)55-43-25-13-10-22-37(43)38-23-11-14-26-44(38)55/h1-32H. The molecule has 56 heavy (non-hydrogen) atoms. The van der Waals surface area contributed by atoms with Crippen LogP contribution < -0.4 is 0 Å². The van der Waals surface area contributed by atoms with Gasteiger partial charge in [-0.25, -0.2) is 19.9 Å². The van der Waals surface area contributed by atoms with Crippen molar-refractivity contribution in [1.82, 2.24) is 29.1 Å². The summed E-state index contributed by atoms with van der Waals surface area (Å²) in [4.78, 5) is 20.7. The third kappa shape index (κ3) is 5.27. The van der Waals surface area contributed by atoms with Crippen LogP contribution in [0, 0.1) is 0 Å². The van der Waals surface area contributed by atoms with Gasteiger partial charge in [-0.1, -0.05) is 152 Å². The first-order valence-corrected chi connectivity index (χ1v) is 18.7. The van der Waals surface area contributed by atoms with Crippen LogP contribution in [0.3, 0.4) is 0 Å². The highest BCUT2D eigenvalue weighted by atomic mass is 15.1. The molecule has 0 aliphatic heterocycles. The number of aromatic nitrogens is 6. The van der Waals surface area contributed by atoms with Gasteiger partial charge >= 0.3 is 0 Å². The molecular formula is C50H32N6. The Hall–Kier alpha value is -7.70. The fourth-order valence-electron chi connectivity index (χ4n) is 7.98. The van der Waals surface area contributed by atoms with Gasteiger partial charge in [-0.2, -0.15) is 0 Å². The van der Waals surface area contributed by atoms with Gasteiger partial charge in [0.2, 0.25) is 0 Å². The fraction of sp³-hybridized carbons (Fsp3) is 0. The van der Waals surface area contributed by atoms with Gasteiger partial charge in [0.15, 0.2) is 11.6 Å². The predicted molar refractivity (Wildman–Crippen MR) is 228 cm³/mol. The van der Waals surface area contributed by atoms with Crippen LogP contribution in [0.2, 0.25) is 0 Å². The van der Waals surface area contributed by atoms with Crippen LogP contribution >= 0.6 is 0 Å². The zero-order chi connectivity index (χ0) is 37.0. The van der Waals surface area contributed by atoms with E-state index in [1.165, 1.54) is 10.8 Å². The van der Waals surface area contributed by atoms with Crippen LogP contribution in [0.15, 0.2) is 194 Å². The molecule has 11 rings (SSSR count). The predicted octanol–water partition coefficient (Wildman–Crippen LogP) is 12.1. The van der Waals surface area contributed by atoms with Gasteiger partial charge in [-0.15, -0.1) is 0 Å². The molecule has 0 saturated carbocycles. The average Bonchev–Trinajstić information content (AvgIpc) is 3.80. The van der Waals surface area contributed by atoms with E-state index >= 15 is 0 Å². The van der Waals surface area contributed by atoms with E-state index in [2.05, 4.69) is 149 Å². The largest absolute Gasteiger partial charge is 0.294 e. The molecule has 0 amide bonds. The Morgan fingerprint density at radius 1 is 0.268 bits per heavy atom. The second kappa shape index (κ2) is 13.0. The molecule has 262 valence electrons. The van der Waals surface area contributed by atoms with Crippen molar-refractivity contribution in [3.63, 3.8) is 0 Å². The summed E-state index contributed by atoms with van der Waals surface area (Å²) in [5.74, 6) is 2.97. The molecule has 0 fully saturated rings. The minimum absolute atomic E-state index is 0.672. The Labute approximate surface area is 322 Å². The summed E-state index contributed by atoms with van der Waals surface area (Å²) >= 11 is 0. The summed E-state index contributed by atoms with van der Waals surface area (Å²) in [6.45, 7) is 0. The molecule has 0 bridgehead atoms. The van der Waals surface area contributed by atoms with Crippen LogP contribution in [0.1, 0.15) is 0 Å². The van der Waals surface area contributed by atoms with Crippen molar-refractivity contribution in [2.45, 2.75) is 0 Å². The summed E-state index contributed by atoms with van der Waals surface area (Å²) in [6, 6.07) is 67.2. The highest BCUT2D eigenvalue weighted by molar-refractivity contribution is 6.11. The minimum Gasteiger partial charge on any atom is -0.294 e. The first-order valence-electron chi connectivity index (χ1n) is 18.7. The van der Waals surface area contributed by atoms with E-state index in [4.69, 9.17) is 19.9 Å². The number of benzene rings is 7. The zero-order valence-corrected chi connectivity index (χ0v) is 30.2. The molecule has 0 atom stereocenters. The highest BCUT2D eigenvalue weighted by Crippen LogP contribution is 2.37. The molecule has 0 saturated heterocycles. The molecule has 4 heterocycles. The SMILES string of the molecule is c1ccc(-c2cc(-n3c4ccccc4c4cc(-c5cc(-n6c7ccccc7c7ccccc76)nc(-c6ccccc6)n5)ccc43)nc(-c3ccccc3)n2)cc1. The molecule has 0 spiro atoms. The quantitative estimate of drug-likeness (QED) is 0.172. The maximum absolute atomic E-state index is 5.23. The Morgan fingerprint density at radius 3 is 1.12 bits per heavy atom. The van der Waals surface area contributed by atoms with Gasteiger partial charge in [-0.3, -0.25) is 9.13 Å². The summed E-state index contributed by atoms with van der Waals surface area (Å²) < 4.78 is 4.52. The van der Waals surface area contributed by atoms with E-state index in [1.54, 1.807) is 0 Å². The van der Waals surface area contributed by atoms with Gasteiger partial charge in [0.05, 0.1) is 33.5 Å². The first kappa shape index (κ1) is 31.8. The van der Waals surface area contributed by atoms with Crippen molar-refractivity contribution in [2.75, 3.05) is 0 Å². The Morgan fingerprint density at radius 2 is 0.643 bits per heavy atom. The topological polar surface area (TPSA) is 61.4 Å². The van der Waals surface area contributed by atoms with E-state index < -0.39 is 0 Å². The van der Waals surface area contributed by atoms with Gasteiger partial charge in [0.25, 0.3) is 0 Å². The number of hydrogen-bond acceptors (Lipinski definition) is 4. The number of hydrogen-bond donors (Lipinski definition) is 0. The van der Waals surface area contributed by atoms with Crippen molar-refractivity contribution in [2.24, 2.45) is 0 Å². The van der Waals surface area contributed by atoms with Crippen LogP contribution in [0.5, 0.6) is 0 Å². The molecule has 4 aromatic heterocycles. The number of nitrogens with zero attached hydrogens (tertiary/aromatic N) is 6. The molecular weight excluding hydrogens is 685 g/mol. The van der Waals surface area contributed by atoms with E-state index in [0.717, 1.165) is 78.1 Å². The lowest BCUT2D eigenvalue weighted by Crippen LogP contribution is -2.03. The van der Waals surface area contributed by atoms with Crippen LogP contribution in [-0.2, 0) is 0 Å². The summed E-state index contributed by atoms with van der Waals surface area (Å²) in [5, 5.41) is 4.62. The summed E-state index contributed by atoms with van der Waals surface area (Å²) in [6.07, 6.45) is 0. The van der Waals surface area contributed by atoms with Gasteiger partial charge in [0, 0.05) is 55.9 Å². The molecule has 0 aliphatic carbocycles. The van der Waals surface area contributed by atoms with Gasteiger partial charge in [-0.05, 0) is 30.3 Å². The summed E-state index contributed by atoms with van der Waals surface area (Å²) in [7, 11) is 0. The van der Waals surface area contributed by atoms with E-state index in [0.29, 0.717) is 11.6 Å². The summed E-state index contributed by atoms with van der Waals surface area (Å²) in [5.41, 5.74) is 9.98. The second-order valence-corrected chi connectivity index (χ2v) is 13.9. The molecule has 0 unspecified atom stereocenters. The van der Waals surface area contributed by atoms with Crippen molar-refractivity contribution >= 4 is 43.6 Å². The van der Waals surface area contributed by atoms with Crippen LogP contribution in [0.25, 0.3) is 101 Å². The van der Waals surface area contributed by atoms with Crippen molar-refractivity contribution in [1.29, 1.82) is 0 Å². The monoisotopic (exact) mass is 716 g/mol. The minimum atomic E-state index is 0.672. The van der Waals surface area contributed by atoms with Crippen molar-refractivity contribution in [3.05, 3.63) is 194 Å². The molecule has 0 radical (unpaired) electrons. The molecule has 0 N–H and O–H groups in total. The number of para-hydroxylation sites is 3. The third-order valence-electron chi connectivity index (χ3n) is 10.6. The van der Waals surface area contributed by atoms with Gasteiger partial charge in [0.1, 0.15) is 11.6 Å². The average molecular weight is 717 g/mol. The molecule has 0 aliphatic rings. The molecule has 6 heteroatoms. The highest BCUT2D eigenvalue weighted by Gasteiger charge is 2.20. The molecule has 7 aromatic carbocycles. The number of rotatable bonds is 6. The Kier molecular flexibility index (Phi) is 7.38. The second-order valence-electron chi connectivity index (χ2n) is 13.9. The lowest BCUT2D eigenvalue weighted by atomic mass is 10.1. The van der Waals surface area contributed by atoms with E-state index in [9.17, 15) is 0 Å². The Bertz CT molecular complexity index is 3130. The molecule has 6 nitrogen and oxygen atoms in total. The first-order chi connectivity index (χ1) is 27.8. The Balaban J connectivity index is 1.14. The lowest BCUT2D eigenvalue weighted by molar-refractivity contribution is 1.05. The molecule has 11 aromatic rings. The van der Waals surface area contributed by atoms with Gasteiger partial charge < -0.3 is 0 Å². The van der Waals surface area contributed by atoms with Crippen LogP contribution in [0.4, 0.5) is 0 Å². The number of fused-ring (bicyclic) bond motifs is 6. The van der Waals surface area contributed by atoms with Crippen molar-refractivity contribution in [3.8, 4) is 56.9 Å². The maximum atomic E-state index is 5.23. The van der Waals surface area contributed by atoms with Crippen LogP contribution in [-0.4, -0.2) is 29.1 Å². The normalized spacial score (nSPS) is 11.6. The lowest BCUT2D eigenvalue weighted by Gasteiger charge is -2.13. The fourth-order valence-corrected chi connectivity index (χ4v) is 7.98. The third-order valence-corrected chi connectivity index (χ3v) is 10.6. The maximum Gasteiger partial charge on any atom is 0.162 e. The smallest absolute Gasteiger partial charge is 0.162 e. The van der Waals surface area contributed by atoms with E-state index in [-0.39, 0.29) is 0 Å². The van der Waals surface area contributed by atoms with E-state index in [1.807, 2.05) is 54.6 Å².